The van der Waals surface area contributed by atoms with Crippen molar-refractivity contribution in [1.29, 1.82) is 0 Å². The Morgan fingerprint density at radius 3 is 2.26 bits per heavy atom. The largest absolute Gasteiger partial charge is 0.467 e. The number of carbonyl (C=O) groups is 3. The number of methoxy groups -OCH3 is 1. The number of hydrogen-bond acceptors (Lipinski definition) is 5. The van der Waals surface area contributed by atoms with Crippen molar-refractivity contribution in [3.63, 3.8) is 0 Å². The van der Waals surface area contributed by atoms with Crippen LogP contribution in [0.4, 0.5) is 0 Å². The van der Waals surface area contributed by atoms with E-state index in [1.807, 2.05) is 0 Å². The van der Waals surface area contributed by atoms with Crippen LogP contribution in [0.5, 0.6) is 0 Å². The number of carbonyl (C=O) groups excluding carboxylic acids is 3. The number of hydrogen-bond donors (Lipinski definition) is 1. The van der Waals surface area contributed by atoms with Gasteiger partial charge in [-0.2, -0.15) is 0 Å². The van der Waals surface area contributed by atoms with E-state index < -0.39 is 23.9 Å². The van der Waals surface area contributed by atoms with Gasteiger partial charge in [0.1, 0.15) is 0 Å². The van der Waals surface area contributed by atoms with Gasteiger partial charge in [-0.3, -0.25) is 14.5 Å². The molecule has 2 amide bonds. The maximum Gasteiger partial charge on any atom is 0.334 e. The summed E-state index contributed by atoms with van der Waals surface area (Å²) >= 11 is 0. The number of aliphatic hydroxyl groups excluding tert-OH is 1. The lowest BCUT2D eigenvalue weighted by Crippen LogP contribution is -2.34. The summed E-state index contributed by atoms with van der Waals surface area (Å²) < 4.78 is 4.37. The predicted octanol–water partition coefficient (Wildman–Crippen LogP) is 0.207. The number of rotatable bonds is 4. The van der Waals surface area contributed by atoms with Crippen LogP contribution in [-0.2, 0) is 9.53 Å². The Hall–Kier alpha value is -2.21. The predicted molar refractivity (Wildman–Crippen MR) is 64.4 cm³/mol. The highest BCUT2D eigenvalue weighted by Gasteiger charge is 2.35. The molecule has 1 aromatic rings. The van der Waals surface area contributed by atoms with E-state index in [-0.39, 0.29) is 13.0 Å². The highest BCUT2D eigenvalue weighted by atomic mass is 16.5. The minimum absolute atomic E-state index is 0.0252. The lowest BCUT2D eigenvalue weighted by atomic mass is 10.1. The number of aliphatic hydroxyl groups is 1. The lowest BCUT2D eigenvalue weighted by molar-refractivity contribution is -0.150. The average molecular weight is 263 g/mol. The van der Waals surface area contributed by atoms with Gasteiger partial charge >= 0.3 is 5.97 Å². The Morgan fingerprint density at radius 2 is 1.79 bits per heavy atom. The molecule has 0 fully saturated rings. The fourth-order valence-electron chi connectivity index (χ4n) is 1.95. The SMILES string of the molecule is COC(=O)C(O)CCN1C(=O)c2ccccc2C1=O. The van der Waals surface area contributed by atoms with Crippen molar-refractivity contribution in [2.75, 3.05) is 13.7 Å². The molecule has 1 heterocycles. The summed E-state index contributed by atoms with van der Waals surface area (Å²) in [6.07, 6.45) is -1.38. The van der Waals surface area contributed by atoms with Gasteiger partial charge in [0.2, 0.25) is 0 Å². The second-order valence-electron chi connectivity index (χ2n) is 4.14. The molecule has 0 radical (unpaired) electrons. The van der Waals surface area contributed by atoms with Crippen LogP contribution >= 0.6 is 0 Å². The molecule has 6 nitrogen and oxygen atoms in total. The Bertz CT molecular complexity index is 505. The van der Waals surface area contributed by atoms with E-state index in [2.05, 4.69) is 4.74 Å². The molecule has 1 N–H and O–H groups in total. The molecule has 0 aliphatic carbocycles. The lowest BCUT2D eigenvalue weighted by Gasteiger charge is -2.15. The molecule has 100 valence electrons. The second kappa shape index (κ2) is 5.19. The van der Waals surface area contributed by atoms with Gasteiger partial charge in [-0.05, 0) is 12.1 Å². The first kappa shape index (κ1) is 13.2. The van der Waals surface area contributed by atoms with Gasteiger partial charge in [-0.25, -0.2) is 4.79 Å². The van der Waals surface area contributed by atoms with Crippen molar-refractivity contribution in [3.8, 4) is 0 Å². The molecule has 1 unspecified atom stereocenters. The molecular weight excluding hydrogens is 250 g/mol. The van der Waals surface area contributed by atoms with E-state index in [1.54, 1.807) is 24.3 Å². The van der Waals surface area contributed by atoms with Crippen LogP contribution in [0, 0.1) is 0 Å². The number of esters is 1. The van der Waals surface area contributed by atoms with Crippen molar-refractivity contribution in [3.05, 3.63) is 35.4 Å². The van der Waals surface area contributed by atoms with Crippen LogP contribution in [0.2, 0.25) is 0 Å². The van der Waals surface area contributed by atoms with Crippen molar-refractivity contribution in [1.82, 2.24) is 4.90 Å². The van der Waals surface area contributed by atoms with Gasteiger partial charge < -0.3 is 9.84 Å². The Balaban J connectivity index is 2.07. The highest BCUT2D eigenvalue weighted by molar-refractivity contribution is 6.21. The number of fused-ring (bicyclic) bond motifs is 1. The van der Waals surface area contributed by atoms with E-state index in [1.165, 1.54) is 0 Å². The average Bonchev–Trinajstić information content (AvgIpc) is 2.68. The number of ether oxygens (including phenoxy) is 1. The molecule has 0 aromatic heterocycles. The summed E-state index contributed by atoms with van der Waals surface area (Å²) in [6.45, 7) is -0.0252. The highest BCUT2D eigenvalue weighted by Crippen LogP contribution is 2.22. The molecule has 0 bridgehead atoms. The normalized spacial score (nSPS) is 15.4. The van der Waals surface area contributed by atoms with Crippen LogP contribution in [0.3, 0.4) is 0 Å². The summed E-state index contributed by atoms with van der Waals surface area (Å²) in [6, 6.07) is 6.51. The number of amides is 2. The molecule has 6 heteroatoms. The zero-order valence-electron chi connectivity index (χ0n) is 10.3. The first-order chi connectivity index (χ1) is 9.06. The van der Waals surface area contributed by atoms with Crippen LogP contribution < -0.4 is 0 Å². The third-order valence-corrected chi connectivity index (χ3v) is 2.98. The first-order valence-corrected chi connectivity index (χ1v) is 5.77. The topological polar surface area (TPSA) is 83.9 Å². The molecule has 1 aromatic carbocycles. The fraction of sp³-hybridized carbons (Fsp3) is 0.308. The number of benzene rings is 1. The summed E-state index contributed by atoms with van der Waals surface area (Å²) in [5.74, 6) is -1.59. The standard InChI is InChI=1S/C13H13NO5/c1-19-13(18)10(15)6-7-14-11(16)8-4-2-3-5-9(8)12(14)17/h2-5,10,15H,6-7H2,1H3. The van der Waals surface area contributed by atoms with Gasteiger partial charge in [0.15, 0.2) is 6.10 Å². The second-order valence-corrected chi connectivity index (χ2v) is 4.14. The van der Waals surface area contributed by atoms with Crippen LogP contribution in [0.25, 0.3) is 0 Å². The summed E-state index contributed by atoms with van der Waals surface area (Å²) in [5, 5.41) is 9.44. The zero-order valence-corrected chi connectivity index (χ0v) is 10.3. The van der Waals surface area contributed by atoms with Gasteiger partial charge in [0.05, 0.1) is 18.2 Å². The minimum atomic E-state index is -1.34. The smallest absolute Gasteiger partial charge is 0.334 e. The molecule has 19 heavy (non-hydrogen) atoms. The van der Waals surface area contributed by atoms with Gasteiger partial charge in [-0.1, -0.05) is 12.1 Å². The van der Waals surface area contributed by atoms with Crippen LogP contribution in [-0.4, -0.2) is 47.5 Å². The van der Waals surface area contributed by atoms with E-state index in [9.17, 15) is 19.5 Å². The Morgan fingerprint density at radius 1 is 1.26 bits per heavy atom. The fourth-order valence-corrected chi connectivity index (χ4v) is 1.95. The van der Waals surface area contributed by atoms with E-state index in [0.29, 0.717) is 11.1 Å². The molecule has 1 aliphatic heterocycles. The third kappa shape index (κ3) is 2.34. The number of imide groups is 1. The van der Waals surface area contributed by atoms with Crippen molar-refractivity contribution in [2.24, 2.45) is 0 Å². The summed E-state index contributed by atoms with van der Waals surface area (Å²) in [4.78, 5) is 36.0. The third-order valence-electron chi connectivity index (χ3n) is 2.98. The van der Waals surface area contributed by atoms with Gasteiger partial charge in [0.25, 0.3) is 11.8 Å². The van der Waals surface area contributed by atoms with Gasteiger partial charge in [-0.15, -0.1) is 0 Å². The van der Waals surface area contributed by atoms with E-state index >= 15 is 0 Å². The maximum absolute atomic E-state index is 12.0. The maximum atomic E-state index is 12.0. The molecule has 2 rings (SSSR count). The first-order valence-electron chi connectivity index (χ1n) is 5.77. The van der Waals surface area contributed by atoms with E-state index in [4.69, 9.17) is 0 Å². The summed E-state index contributed by atoms with van der Waals surface area (Å²) in [7, 11) is 1.16. The Labute approximate surface area is 109 Å². The summed E-state index contributed by atoms with van der Waals surface area (Å²) in [5.41, 5.74) is 0.695. The molecule has 0 saturated heterocycles. The minimum Gasteiger partial charge on any atom is -0.467 e. The molecule has 0 spiro atoms. The zero-order chi connectivity index (χ0) is 14.0. The van der Waals surface area contributed by atoms with Crippen molar-refractivity contribution < 1.29 is 24.2 Å². The molecular formula is C13H13NO5. The molecule has 1 aliphatic rings. The van der Waals surface area contributed by atoms with Gasteiger partial charge in [0, 0.05) is 13.0 Å². The quantitative estimate of drug-likeness (QED) is 0.620. The Kier molecular flexibility index (Phi) is 3.62. The van der Waals surface area contributed by atoms with Crippen molar-refractivity contribution >= 4 is 17.8 Å². The molecule has 1 atom stereocenters. The number of nitrogens with zero attached hydrogens (tertiary/aromatic N) is 1. The molecule has 0 saturated carbocycles. The van der Waals surface area contributed by atoms with Crippen molar-refractivity contribution in [2.45, 2.75) is 12.5 Å². The monoisotopic (exact) mass is 263 g/mol. The van der Waals surface area contributed by atoms with Crippen LogP contribution in [0.1, 0.15) is 27.1 Å². The van der Waals surface area contributed by atoms with E-state index in [0.717, 1.165) is 12.0 Å². The van der Waals surface area contributed by atoms with Crippen LogP contribution in [0.15, 0.2) is 24.3 Å².